The fraction of sp³-hybridized carbons (Fsp3) is 0.0909. The van der Waals surface area contributed by atoms with Gasteiger partial charge in [-0.3, -0.25) is 4.79 Å². The van der Waals surface area contributed by atoms with Crippen LogP contribution in [0.5, 0.6) is 5.75 Å². The normalized spacial score (nSPS) is 11.5. The smallest absolute Gasteiger partial charge is 0.339 e. The Hall–Kier alpha value is -3.23. The van der Waals surface area contributed by atoms with Crippen molar-refractivity contribution in [3.8, 4) is 5.75 Å². The summed E-state index contributed by atoms with van der Waals surface area (Å²) in [5.41, 5.74) is 3.61. The summed E-state index contributed by atoms with van der Waals surface area (Å²) in [7, 11) is -4.18. The van der Waals surface area contributed by atoms with Gasteiger partial charge in [-0.1, -0.05) is 47.5 Å². The molecule has 0 unspecified atom stereocenters. The van der Waals surface area contributed by atoms with Crippen molar-refractivity contribution < 1.29 is 21.8 Å². The molecule has 31 heavy (non-hydrogen) atoms. The molecule has 3 rings (SSSR count). The van der Waals surface area contributed by atoms with Crippen LogP contribution in [0.3, 0.4) is 0 Å². The molecule has 0 aliphatic heterocycles. The van der Waals surface area contributed by atoms with Crippen LogP contribution in [0.2, 0.25) is 5.02 Å². The summed E-state index contributed by atoms with van der Waals surface area (Å²) in [6.45, 7) is 1.82. The lowest BCUT2D eigenvalue weighted by Gasteiger charge is -2.10. The number of amides is 1. The van der Waals surface area contributed by atoms with Gasteiger partial charge in [-0.05, 0) is 48.9 Å². The molecule has 9 heteroatoms. The van der Waals surface area contributed by atoms with E-state index in [-0.39, 0.29) is 22.6 Å². The predicted octanol–water partition coefficient (Wildman–Crippen LogP) is 4.25. The second-order valence-corrected chi connectivity index (χ2v) is 8.58. The van der Waals surface area contributed by atoms with Crippen LogP contribution in [0.1, 0.15) is 16.7 Å². The van der Waals surface area contributed by atoms with Gasteiger partial charge in [-0.15, -0.1) is 0 Å². The minimum Gasteiger partial charge on any atom is -0.378 e. The van der Waals surface area contributed by atoms with Crippen LogP contribution >= 0.6 is 11.6 Å². The number of hydrogen-bond donors (Lipinski definition) is 1. The van der Waals surface area contributed by atoms with Crippen molar-refractivity contribution in [3.63, 3.8) is 0 Å². The third kappa shape index (κ3) is 6.13. The summed E-state index contributed by atoms with van der Waals surface area (Å²) < 4.78 is 44.5. The van der Waals surface area contributed by atoms with E-state index in [1.165, 1.54) is 24.3 Å². The molecule has 0 fully saturated rings. The van der Waals surface area contributed by atoms with Crippen molar-refractivity contribution in [3.05, 3.63) is 94.3 Å². The van der Waals surface area contributed by atoms with E-state index < -0.39 is 21.8 Å². The lowest BCUT2D eigenvalue weighted by atomic mass is 10.1. The molecule has 0 radical (unpaired) electrons. The summed E-state index contributed by atoms with van der Waals surface area (Å²) in [5, 5.41) is 4.22. The molecule has 6 nitrogen and oxygen atoms in total. The van der Waals surface area contributed by atoms with Gasteiger partial charge < -0.3 is 4.18 Å². The molecule has 0 aliphatic rings. The quantitative estimate of drug-likeness (QED) is 0.324. The molecule has 0 saturated carbocycles. The minimum atomic E-state index is -4.18. The second-order valence-electron chi connectivity index (χ2n) is 6.60. The summed E-state index contributed by atoms with van der Waals surface area (Å²) in [5.74, 6) is -1.47. The Labute approximate surface area is 184 Å². The minimum absolute atomic E-state index is 0.0142. The largest absolute Gasteiger partial charge is 0.378 e. The molecule has 160 valence electrons. The maximum atomic E-state index is 14.3. The average molecular weight is 461 g/mol. The molecular formula is C22H18ClFN2O4S. The van der Waals surface area contributed by atoms with Gasteiger partial charge >= 0.3 is 10.1 Å². The maximum Gasteiger partial charge on any atom is 0.339 e. The monoisotopic (exact) mass is 460 g/mol. The summed E-state index contributed by atoms with van der Waals surface area (Å²) >= 11 is 5.89. The average Bonchev–Trinajstić information content (AvgIpc) is 2.70. The number of carbonyl (C=O) groups excluding carboxylic acids is 1. The number of benzene rings is 3. The number of hydrazone groups is 1. The lowest BCUT2D eigenvalue weighted by molar-refractivity contribution is -0.120. The topological polar surface area (TPSA) is 84.8 Å². The van der Waals surface area contributed by atoms with E-state index in [9.17, 15) is 17.6 Å². The number of nitrogens with zero attached hydrogens (tertiary/aromatic N) is 1. The maximum absolute atomic E-state index is 14.3. The zero-order chi connectivity index (χ0) is 22.4. The van der Waals surface area contributed by atoms with Gasteiger partial charge in [0.15, 0.2) is 5.75 Å². The first kappa shape index (κ1) is 22.5. The molecule has 0 saturated heterocycles. The number of halogens is 2. The first-order chi connectivity index (χ1) is 14.7. The van der Waals surface area contributed by atoms with Crippen molar-refractivity contribution in [2.24, 2.45) is 5.10 Å². The zero-order valence-electron chi connectivity index (χ0n) is 16.4. The third-order valence-corrected chi connectivity index (χ3v) is 5.64. The van der Waals surface area contributed by atoms with Gasteiger partial charge in [-0.25, -0.2) is 9.82 Å². The molecule has 0 heterocycles. The van der Waals surface area contributed by atoms with Crippen molar-refractivity contribution in [1.29, 1.82) is 0 Å². The van der Waals surface area contributed by atoms with E-state index in [0.29, 0.717) is 10.6 Å². The third-order valence-electron chi connectivity index (χ3n) is 4.16. The van der Waals surface area contributed by atoms with Crippen LogP contribution in [0.15, 0.2) is 76.7 Å². The summed E-state index contributed by atoms with van der Waals surface area (Å²) in [6, 6.07) is 16.5. The van der Waals surface area contributed by atoms with Crippen molar-refractivity contribution in [2.45, 2.75) is 18.2 Å². The molecule has 0 atom stereocenters. The van der Waals surface area contributed by atoms with Gasteiger partial charge in [-0.2, -0.15) is 13.5 Å². The molecule has 0 aliphatic carbocycles. The number of aryl methyl sites for hydroxylation is 1. The van der Waals surface area contributed by atoms with E-state index in [4.69, 9.17) is 15.8 Å². The highest BCUT2D eigenvalue weighted by molar-refractivity contribution is 7.87. The van der Waals surface area contributed by atoms with E-state index in [0.717, 1.165) is 17.8 Å². The fourth-order valence-electron chi connectivity index (χ4n) is 2.63. The Morgan fingerprint density at radius 2 is 1.84 bits per heavy atom. The van der Waals surface area contributed by atoms with E-state index in [1.807, 2.05) is 6.92 Å². The van der Waals surface area contributed by atoms with Crippen LogP contribution in [-0.2, 0) is 21.3 Å². The number of nitrogens with one attached hydrogen (secondary N) is 1. The SMILES string of the molecule is Cc1ccc(S(=O)(=O)Oc2cccc(F)c2/C=N/NC(=O)Cc2cccc(Cl)c2)cc1. The van der Waals surface area contributed by atoms with Gasteiger partial charge in [0.2, 0.25) is 5.91 Å². The number of carbonyl (C=O) groups is 1. The second kappa shape index (κ2) is 9.72. The molecule has 0 aromatic heterocycles. The summed E-state index contributed by atoms with van der Waals surface area (Å²) in [4.78, 5) is 12.0. The van der Waals surface area contributed by atoms with Crippen LogP contribution in [0.25, 0.3) is 0 Å². The standard InChI is InChI=1S/C22H18ClFN2O4S/c1-15-8-10-18(11-9-15)31(28,29)30-21-7-3-6-20(24)19(21)14-25-26-22(27)13-16-4-2-5-17(23)12-16/h2-12,14H,13H2,1H3,(H,26,27)/b25-14+. The van der Waals surface area contributed by atoms with Crippen molar-refractivity contribution in [2.75, 3.05) is 0 Å². The van der Waals surface area contributed by atoms with Crippen molar-refractivity contribution >= 4 is 33.8 Å². The Kier molecular flexibility index (Phi) is 7.04. The molecule has 3 aromatic carbocycles. The van der Waals surface area contributed by atoms with E-state index >= 15 is 0 Å². The molecule has 0 spiro atoms. The molecular weight excluding hydrogens is 443 g/mol. The highest BCUT2D eigenvalue weighted by Gasteiger charge is 2.19. The Morgan fingerprint density at radius 1 is 1.13 bits per heavy atom. The predicted molar refractivity (Wildman–Crippen MR) is 116 cm³/mol. The van der Waals surface area contributed by atoms with Gasteiger partial charge in [0.25, 0.3) is 0 Å². The Bertz CT molecular complexity index is 1230. The lowest BCUT2D eigenvalue weighted by Crippen LogP contribution is -2.20. The molecule has 3 aromatic rings. The van der Waals surface area contributed by atoms with Gasteiger partial charge in [0, 0.05) is 5.02 Å². The van der Waals surface area contributed by atoms with E-state index in [1.54, 1.807) is 36.4 Å². The summed E-state index contributed by atoms with van der Waals surface area (Å²) in [6.07, 6.45) is 1.01. The number of rotatable bonds is 7. The van der Waals surface area contributed by atoms with Crippen LogP contribution < -0.4 is 9.61 Å². The van der Waals surface area contributed by atoms with Gasteiger partial charge in [0.1, 0.15) is 10.7 Å². The van der Waals surface area contributed by atoms with E-state index in [2.05, 4.69) is 10.5 Å². The molecule has 1 N–H and O–H groups in total. The highest BCUT2D eigenvalue weighted by atomic mass is 35.5. The zero-order valence-corrected chi connectivity index (χ0v) is 18.0. The Balaban J connectivity index is 1.74. The van der Waals surface area contributed by atoms with Crippen LogP contribution in [-0.4, -0.2) is 20.5 Å². The van der Waals surface area contributed by atoms with Gasteiger partial charge in [0.05, 0.1) is 18.2 Å². The first-order valence-electron chi connectivity index (χ1n) is 9.10. The van der Waals surface area contributed by atoms with Crippen LogP contribution in [0, 0.1) is 12.7 Å². The van der Waals surface area contributed by atoms with Crippen LogP contribution in [0.4, 0.5) is 4.39 Å². The number of hydrogen-bond acceptors (Lipinski definition) is 5. The molecule has 1 amide bonds. The highest BCUT2D eigenvalue weighted by Crippen LogP contribution is 2.24. The Morgan fingerprint density at radius 3 is 2.55 bits per heavy atom. The van der Waals surface area contributed by atoms with Crippen molar-refractivity contribution in [1.82, 2.24) is 5.43 Å². The first-order valence-corrected chi connectivity index (χ1v) is 10.9. The fourth-order valence-corrected chi connectivity index (χ4v) is 3.79. The molecule has 0 bridgehead atoms.